The molecule has 1 aromatic heterocycles. The number of carbonyl (C=O) groups excluding carboxylic acids is 1. The summed E-state index contributed by atoms with van der Waals surface area (Å²) >= 11 is 0. The zero-order valence-electron chi connectivity index (χ0n) is 16.9. The average Bonchev–Trinajstić information content (AvgIpc) is 3.30. The Hall–Kier alpha value is -3.86. The Balaban J connectivity index is 1.41. The molecule has 0 saturated heterocycles. The van der Waals surface area contributed by atoms with Gasteiger partial charge in [-0.2, -0.15) is 0 Å². The number of carbonyl (C=O) groups is 1. The van der Waals surface area contributed by atoms with Gasteiger partial charge in [0.2, 0.25) is 0 Å². The second-order valence-corrected chi connectivity index (χ2v) is 7.47. The zero-order valence-corrected chi connectivity index (χ0v) is 16.9. The number of hydrogen-bond acceptors (Lipinski definition) is 3. The van der Waals surface area contributed by atoms with E-state index in [1.807, 2.05) is 77.5 Å². The summed E-state index contributed by atoms with van der Waals surface area (Å²) in [6.07, 6.45) is 5.33. The fraction of sp³-hybridized carbons (Fsp3) is 0.120. The molecule has 0 aliphatic rings. The fourth-order valence-corrected chi connectivity index (χ4v) is 3.10. The van der Waals surface area contributed by atoms with E-state index >= 15 is 0 Å². The van der Waals surface area contributed by atoms with Crippen molar-refractivity contribution in [1.82, 2.24) is 9.55 Å². The zero-order chi connectivity index (χ0) is 21.0. The van der Waals surface area contributed by atoms with Gasteiger partial charge in [-0.05, 0) is 61.4 Å². The number of hydrogen-bond donors (Lipinski definition) is 1. The predicted octanol–water partition coefficient (Wildman–Crippen LogP) is 5.34. The number of nitrogens with one attached hydrogen (secondary N) is 1. The third-order valence-corrected chi connectivity index (χ3v) is 4.81. The van der Waals surface area contributed by atoms with Gasteiger partial charge in [-0.25, -0.2) is 4.98 Å². The Bertz CT molecular complexity index is 1100. The Morgan fingerprint density at radius 2 is 1.57 bits per heavy atom. The monoisotopic (exact) mass is 397 g/mol. The van der Waals surface area contributed by atoms with E-state index in [1.165, 1.54) is 0 Å². The highest BCUT2D eigenvalue weighted by Crippen LogP contribution is 2.24. The maximum atomic E-state index is 12.8. The number of nitrogens with zero attached hydrogens (tertiary/aromatic N) is 2. The van der Waals surface area contributed by atoms with Crippen LogP contribution in [0.2, 0.25) is 0 Å². The molecule has 0 radical (unpaired) electrons. The van der Waals surface area contributed by atoms with E-state index in [1.54, 1.807) is 26.4 Å². The predicted molar refractivity (Wildman–Crippen MR) is 119 cm³/mol. The van der Waals surface area contributed by atoms with Crippen LogP contribution in [0, 0.1) is 0 Å². The first-order chi connectivity index (χ1) is 14.5. The van der Waals surface area contributed by atoms with Crippen molar-refractivity contribution in [2.75, 3.05) is 5.32 Å². The molecule has 0 spiro atoms. The van der Waals surface area contributed by atoms with Crippen LogP contribution in [-0.4, -0.2) is 21.1 Å². The van der Waals surface area contributed by atoms with Gasteiger partial charge in [-0.3, -0.25) is 4.79 Å². The molecular weight excluding hydrogens is 374 g/mol. The van der Waals surface area contributed by atoms with Crippen LogP contribution < -0.4 is 10.1 Å². The lowest BCUT2D eigenvalue weighted by molar-refractivity contribution is -0.128. The molecule has 0 atom stereocenters. The van der Waals surface area contributed by atoms with Crippen molar-refractivity contribution in [2.24, 2.45) is 0 Å². The van der Waals surface area contributed by atoms with E-state index in [4.69, 9.17) is 4.74 Å². The molecule has 150 valence electrons. The first-order valence-corrected chi connectivity index (χ1v) is 9.76. The Morgan fingerprint density at radius 1 is 0.900 bits per heavy atom. The molecular formula is C25H23N3O2. The maximum Gasteiger partial charge on any atom is 0.267 e. The van der Waals surface area contributed by atoms with E-state index in [0.29, 0.717) is 5.75 Å². The molecule has 1 N–H and O–H groups in total. The summed E-state index contributed by atoms with van der Waals surface area (Å²) in [5.41, 5.74) is 2.90. The molecule has 0 bridgehead atoms. The van der Waals surface area contributed by atoms with E-state index in [9.17, 15) is 4.79 Å². The Morgan fingerprint density at radius 3 is 2.20 bits per heavy atom. The molecule has 5 heteroatoms. The molecule has 5 nitrogen and oxygen atoms in total. The van der Waals surface area contributed by atoms with Gasteiger partial charge in [-0.15, -0.1) is 0 Å². The lowest BCUT2D eigenvalue weighted by Crippen LogP contribution is -2.42. The second-order valence-electron chi connectivity index (χ2n) is 7.47. The third-order valence-electron chi connectivity index (χ3n) is 4.81. The highest BCUT2D eigenvalue weighted by Gasteiger charge is 2.30. The smallest absolute Gasteiger partial charge is 0.267 e. The van der Waals surface area contributed by atoms with E-state index in [2.05, 4.69) is 22.4 Å². The number of anilines is 1. The van der Waals surface area contributed by atoms with Gasteiger partial charge >= 0.3 is 0 Å². The van der Waals surface area contributed by atoms with Crippen molar-refractivity contribution >= 4 is 11.6 Å². The highest BCUT2D eigenvalue weighted by atomic mass is 16.5. The number of rotatable bonds is 6. The maximum absolute atomic E-state index is 12.8. The summed E-state index contributed by atoms with van der Waals surface area (Å²) in [6.45, 7) is 3.51. The number of aromatic nitrogens is 2. The highest BCUT2D eigenvalue weighted by molar-refractivity contribution is 5.97. The Kier molecular flexibility index (Phi) is 5.35. The van der Waals surface area contributed by atoms with Gasteiger partial charge in [0.15, 0.2) is 5.60 Å². The molecule has 4 rings (SSSR count). The van der Waals surface area contributed by atoms with Crippen LogP contribution in [0.1, 0.15) is 13.8 Å². The van der Waals surface area contributed by atoms with Crippen molar-refractivity contribution in [1.29, 1.82) is 0 Å². The van der Waals surface area contributed by atoms with Crippen molar-refractivity contribution in [2.45, 2.75) is 19.4 Å². The molecule has 1 amide bonds. The lowest BCUT2D eigenvalue weighted by atomic mass is 10.0. The SMILES string of the molecule is CC(C)(Oc1ccc(-n2ccnc2)cc1)C(=O)Nc1ccc(-c2ccccc2)cc1. The molecule has 0 fully saturated rings. The Labute approximate surface area is 176 Å². The number of imidazole rings is 1. The third kappa shape index (κ3) is 4.41. The first-order valence-electron chi connectivity index (χ1n) is 9.76. The second kappa shape index (κ2) is 8.25. The standard InChI is InChI=1S/C25H23N3O2/c1-25(2,30-23-14-12-22(13-15-23)28-17-16-26-18-28)24(29)27-21-10-8-20(9-11-21)19-6-4-3-5-7-19/h3-18H,1-2H3,(H,27,29). The molecule has 4 aromatic rings. The summed E-state index contributed by atoms with van der Waals surface area (Å²) in [7, 11) is 0. The molecule has 3 aromatic carbocycles. The normalized spacial score (nSPS) is 11.1. The van der Waals surface area contributed by atoms with Gasteiger partial charge in [-0.1, -0.05) is 42.5 Å². The number of amides is 1. The summed E-state index contributed by atoms with van der Waals surface area (Å²) in [5.74, 6) is 0.409. The molecule has 0 saturated carbocycles. The van der Waals surface area contributed by atoms with Gasteiger partial charge in [0, 0.05) is 23.8 Å². The summed E-state index contributed by atoms with van der Waals surface area (Å²) in [5, 5.41) is 2.94. The summed E-state index contributed by atoms with van der Waals surface area (Å²) in [6, 6.07) is 25.4. The quantitative estimate of drug-likeness (QED) is 0.478. The molecule has 30 heavy (non-hydrogen) atoms. The van der Waals surface area contributed by atoms with Crippen molar-refractivity contribution in [3.05, 3.63) is 97.6 Å². The molecule has 1 heterocycles. The minimum Gasteiger partial charge on any atom is -0.478 e. The van der Waals surface area contributed by atoms with Crippen LogP contribution in [0.15, 0.2) is 97.6 Å². The molecule has 0 unspecified atom stereocenters. The fourth-order valence-electron chi connectivity index (χ4n) is 3.10. The summed E-state index contributed by atoms with van der Waals surface area (Å²) < 4.78 is 7.87. The van der Waals surface area contributed by atoms with Crippen LogP contribution in [0.3, 0.4) is 0 Å². The van der Waals surface area contributed by atoms with Gasteiger partial charge < -0.3 is 14.6 Å². The van der Waals surface area contributed by atoms with Crippen molar-refractivity contribution in [3.63, 3.8) is 0 Å². The largest absolute Gasteiger partial charge is 0.478 e. The molecule has 0 aliphatic heterocycles. The van der Waals surface area contributed by atoms with Crippen LogP contribution in [0.4, 0.5) is 5.69 Å². The van der Waals surface area contributed by atoms with Gasteiger partial charge in [0.1, 0.15) is 5.75 Å². The lowest BCUT2D eigenvalue weighted by Gasteiger charge is -2.25. The number of ether oxygens (including phenoxy) is 1. The van der Waals surface area contributed by atoms with Crippen molar-refractivity contribution in [3.8, 4) is 22.6 Å². The average molecular weight is 397 g/mol. The van der Waals surface area contributed by atoms with Crippen LogP contribution >= 0.6 is 0 Å². The minimum atomic E-state index is -1.03. The summed E-state index contributed by atoms with van der Waals surface area (Å²) in [4.78, 5) is 16.8. The van der Waals surface area contributed by atoms with E-state index in [-0.39, 0.29) is 5.91 Å². The van der Waals surface area contributed by atoms with Gasteiger partial charge in [0.25, 0.3) is 5.91 Å². The van der Waals surface area contributed by atoms with Crippen LogP contribution in [0.5, 0.6) is 5.75 Å². The van der Waals surface area contributed by atoms with E-state index < -0.39 is 5.60 Å². The minimum absolute atomic E-state index is 0.214. The topological polar surface area (TPSA) is 56.2 Å². The first kappa shape index (κ1) is 19.5. The van der Waals surface area contributed by atoms with Crippen LogP contribution in [-0.2, 0) is 4.79 Å². The van der Waals surface area contributed by atoms with Crippen LogP contribution in [0.25, 0.3) is 16.8 Å². The van der Waals surface area contributed by atoms with Gasteiger partial charge in [0.05, 0.1) is 6.33 Å². The van der Waals surface area contributed by atoms with Crippen molar-refractivity contribution < 1.29 is 9.53 Å². The molecule has 0 aliphatic carbocycles. The van der Waals surface area contributed by atoms with E-state index in [0.717, 1.165) is 22.5 Å². The number of benzene rings is 3.